The van der Waals surface area contributed by atoms with Gasteiger partial charge >= 0.3 is 0 Å². The van der Waals surface area contributed by atoms with Crippen LogP contribution >= 0.6 is 11.3 Å². The summed E-state index contributed by atoms with van der Waals surface area (Å²) in [5.74, 6) is 1.88. The van der Waals surface area contributed by atoms with Crippen LogP contribution in [-0.4, -0.2) is 17.7 Å². The number of nitrogens with one attached hydrogen (secondary N) is 1. The van der Waals surface area contributed by atoms with Crippen molar-refractivity contribution in [2.24, 2.45) is 0 Å². The Balaban J connectivity index is 1.39. The number of carbonyl (C=O) groups is 1. The minimum absolute atomic E-state index is 0.102. The monoisotopic (exact) mass is 424 g/mol. The molecular weight excluding hydrogens is 400 g/mol. The Morgan fingerprint density at radius 3 is 2.60 bits per heavy atom. The van der Waals surface area contributed by atoms with E-state index in [1.54, 1.807) is 18.2 Å². The number of thiazole rings is 1. The maximum absolute atomic E-state index is 12.7. The third kappa shape index (κ3) is 4.41. The van der Waals surface area contributed by atoms with E-state index in [-0.39, 0.29) is 18.1 Å². The molecule has 0 atom stereocenters. The van der Waals surface area contributed by atoms with Crippen molar-refractivity contribution in [1.29, 1.82) is 0 Å². The standard InChI is InChI=1S/C23H24N2O4S/c1-14-21(22(26)25-16-7-10-18-19(11-16)29-13-28-18)30-20(24-14)12-27-17-8-5-15(6-9-17)23(2,3)4/h5-11H,12-13H2,1-4H3,(H,25,26). The number of rotatable bonds is 5. The summed E-state index contributed by atoms with van der Waals surface area (Å²) in [7, 11) is 0. The number of aromatic nitrogens is 1. The lowest BCUT2D eigenvalue weighted by Crippen LogP contribution is -2.11. The Hall–Kier alpha value is -3.06. The maximum atomic E-state index is 12.7. The van der Waals surface area contributed by atoms with Crippen LogP contribution in [0.1, 0.15) is 46.7 Å². The van der Waals surface area contributed by atoms with E-state index in [0.29, 0.717) is 34.4 Å². The molecule has 0 spiro atoms. The second-order valence-corrected chi connectivity index (χ2v) is 9.19. The molecule has 1 N–H and O–H groups in total. The molecule has 4 rings (SSSR count). The summed E-state index contributed by atoms with van der Waals surface area (Å²) in [6.07, 6.45) is 0. The number of anilines is 1. The lowest BCUT2D eigenvalue weighted by Gasteiger charge is -2.19. The Bertz CT molecular complexity index is 1070. The van der Waals surface area contributed by atoms with E-state index >= 15 is 0 Å². The van der Waals surface area contributed by atoms with E-state index in [1.165, 1.54) is 16.9 Å². The summed E-state index contributed by atoms with van der Waals surface area (Å²) in [5.41, 5.74) is 2.68. The number of fused-ring (bicyclic) bond motifs is 1. The highest BCUT2D eigenvalue weighted by atomic mass is 32.1. The van der Waals surface area contributed by atoms with Gasteiger partial charge < -0.3 is 19.5 Å². The molecule has 0 unspecified atom stereocenters. The van der Waals surface area contributed by atoms with E-state index in [9.17, 15) is 4.79 Å². The van der Waals surface area contributed by atoms with Gasteiger partial charge in [-0.15, -0.1) is 11.3 Å². The molecule has 30 heavy (non-hydrogen) atoms. The Labute approximate surface area is 179 Å². The fourth-order valence-corrected chi connectivity index (χ4v) is 3.96. The second kappa shape index (κ2) is 7.99. The molecule has 0 saturated heterocycles. The first-order chi connectivity index (χ1) is 14.3. The van der Waals surface area contributed by atoms with Gasteiger partial charge in [-0.1, -0.05) is 32.9 Å². The summed E-state index contributed by atoms with van der Waals surface area (Å²) in [4.78, 5) is 17.8. The van der Waals surface area contributed by atoms with Crippen molar-refractivity contribution >= 4 is 22.9 Å². The highest BCUT2D eigenvalue weighted by Crippen LogP contribution is 2.34. The molecule has 7 heteroatoms. The Morgan fingerprint density at radius 1 is 1.13 bits per heavy atom. The van der Waals surface area contributed by atoms with Crippen LogP contribution < -0.4 is 19.5 Å². The van der Waals surface area contributed by atoms with Gasteiger partial charge in [-0.3, -0.25) is 4.79 Å². The molecule has 3 aromatic rings. The van der Waals surface area contributed by atoms with Crippen molar-refractivity contribution in [3.63, 3.8) is 0 Å². The van der Waals surface area contributed by atoms with Gasteiger partial charge in [0.1, 0.15) is 22.2 Å². The van der Waals surface area contributed by atoms with E-state index in [2.05, 4.69) is 43.2 Å². The predicted octanol–water partition coefficient (Wildman–Crippen LogP) is 5.31. The summed E-state index contributed by atoms with van der Waals surface area (Å²) >= 11 is 1.33. The summed E-state index contributed by atoms with van der Waals surface area (Å²) in [5, 5.41) is 3.64. The second-order valence-electron chi connectivity index (χ2n) is 8.11. The lowest BCUT2D eigenvalue weighted by atomic mass is 9.87. The van der Waals surface area contributed by atoms with Crippen LogP contribution in [0.4, 0.5) is 5.69 Å². The number of hydrogen-bond acceptors (Lipinski definition) is 6. The zero-order valence-corrected chi connectivity index (χ0v) is 18.3. The number of nitrogens with zero attached hydrogens (tertiary/aromatic N) is 1. The van der Waals surface area contributed by atoms with Gasteiger partial charge in [0.2, 0.25) is 6.79 Å². The SMILES string of the molecule is Cc1nc(COc2ccc(C(C)(C)C)cc2)sc1C(=O)Nc1ccc2c(c1)OCO2. The van der Waals surface area contributed by atoms with Crippen molar-refractivity contribution in [2.75, 3.05) is 12.1 Å². The molecule has 156 valence electrons. The zero-order valence-electron chi connectivity index (χ0n) is 17.4. The summed E-state index contributed by atoms with van der Waals surface area (Å²) in [6.45, 7) is 8.87. The van der Waals surface area contributed by atoms with Crippen molar-refractivity contribution in [1.82, 2.24) is 4.98 Å². The third-order valence-electron chi connectivity index (χ3n) is 4.76. The molecule has 0 aliphatic carbocycles. The number of ether oxygens (including phenoxy) is 3. The topological polar surface area (TPSA) is 69.7 Å². The zero-order chi connectivity index (χ0) is 21.3. The summed E-state index contributed by atoms with van der Waals surface area (Å²) < 4.78 is 16.5. The number of aryl methyl sites for hydroxylation is 1. The predicted molar refractivity (Wildman–Crippen MR) is 117 cm³/mol. The molecule has 2 heterocycles. The average Bonchev–Trinajstić information content (AvgIpc) is 3.32. The van der Waals surface area contributed by atoms with E-state index in [4.69, 9.17) is 14.2 Å². The highest BCUT2D eigenvalue weighted by molar-refractivity contribution is 7.13. The maximum Gasteiger partial charge on any atom is 0.267 e. The molecule has 0 saturated carbocycles. The number of hydrogen-bond donors (Lipinski definition) is 1. The van der Waals surface area contributed by atoms with Gasteiger partial charge in [-0.05, 0) is 42.2 Å². The van der Waals surface area contributed by atoms with E-state index in [1.807, 2.05) is 19.1 Å². The molecule has 6 nitrogen and oxygen atoms in total. The molecule has 1 aliphatic rings. The quantitative estimate of drug-likeness (QED) is 0.601. The number of benzene rings is 2. The Morgan fingerprint density at radius 2 is 1.87 bits per heavy atom. The highest BCUT2D eigenvalue weighted by Gasteiger charge is 2.18. The van der Waals surface area contributed by atoms with Crippen molar-refractivity contribution in [3.8, 4) is 17.2 Å². The first-order valence-electron chi connectivity index (χ1n) is 9.70. The van der Waals surface area contributed by atoms with Crippen molar-refractivity contribution < 1.29 is 19.0 Å². The first kappa shape index (κ1) is 20.2. The molecule has 0 bridgehead atoms. The van der Waals surface area contributed by atoms with Gasteiger partial charge in [0.15, 0.2) is 11.5 Å². The van der Waals surface area contributed by atoms with Crippen LogP contribution in [0.15, 0.2) is 42.5 Å². The molecule has 2 aromatic carbocycles. The molecule has 1 aliphatic heterocycles. The average molecular weight is 425 g/mol. The molecule has 0 fully saturated rings. The van der Waals surface area contributed by atoms with Gasteiger partial charge in [0.25, 0.3) is 5.91 Å². The number of amides is 1. The molecule has 1 aromatic heterocycles. The number of carbonyl (C=O) groups excluding carboxylic acids is 1. The lowest BCUT2D eigenvalue weighted by molar-refractivity contribution is 0.103. The van der Waals surface area contributed by atoms with Crippen molar-refractivity contribution in [3.05, 3.63) is 63.6 Å². The van der Waals surface area contributed by atoms with Gasteiger partial charge in [-0.25, -0.2) is 4.98 Å². The first-order valence-corrected chi connectivity index (χ1v) is 10.5. The molecule has 1 amide bonds. The van der Waals surface area contributed by atoms with E-state index < -0.39 is 0 Å². The largest absolute Gasteiger partial charge is 0.486 e. The van der Waals surface area contributed by atoms with Crippen LogP contribution in [0.3, 0.4) is 0 Å². The van der Waals surface area contributed by atoms with Crippen LogP contribution in [0, 0.1) is 6.92 Å². The molecular formula is C23H24N2O4S. The smallest absolute Gasteiger partial charge is 0.267 e. The fraction of sp³-hybridized carbons (Fsp3) is 0.304. The van der Waals surface area contributed by atoms with Crippen LogP contribution in [0.25, 0.3) is 0 Å². The third-order valence-corrected chi connectivity index (χ3v) is 5.89. The molecule has 0 radical (unpaired) electrons. The normalized spacial score (nSPS) is 12.7. The Kier molecular flexibility index (Phi) is 5.39. The minimum atomic E-state index is -0.204. The van der Waals surface area contributed by atoms with E-state index in [0.717, 1.165) is 10.8 Å². The van der Waals surface area contributed by atoms with Gasteiger partial charge in [0, 0.05) is 11.8 Å². The summed E-state index contributed by atoms with van der Waals surface area (Å²) in [6, 6.07) is 13.4. The fourth-order valence-electron chi connectivity index (χ4n) is 3.08. The van der Waals surface area contributed by atoms with Crippen LogP contribution in [0.5, 0.6) is 17.2 Å². The van der Waals surface area contributed by atoms with Gasteiger partial charge in [0.05, 0.1) is 5.69 Å². The van der Waals surface area contributed by atoms with Gasteiger partial charge in [-0.2, -0.15) is 0 Å². The van der Waals surface area contributed by atoms with Crippen LogP contribution in [0.2, 0.25) is 0 Å². The minimum Gasteiger partial charge on any atom is -0.486 e. The van der Waals surface area contributed by atoms with Crippen molar-refractivity contribution in [2.45, 2.75) is 39.7 Å². The van der Waals surface area contributed by atoms with Crippen LogP contribution in [-0.2, 0) is 12.0 Å².